The van der Waals surface area contributed by atoms with Crippen molar-refractivity contribution < 1.29 is 4.79 Å². The quantitative estimate of drug-likeness (QED) is 0.943. The maximum Gasteiger partial charge on any atom is 0.271 e. The van der Waals surface area contributed by atoms with Crippen molar-refractivity contribution in [1.82, 2.24) is 20.1 Å². The zero-order chi connectivity index (χ0) is 14.0. The Bertz CT molecular complexity index is 608. The molecule has 1 unspecified atom stereocenters. The lowest BCUT2D eigenvalue weighted by atomic mass is 10.1. The van der Waals surface area contributed by atoms with Crippen LogP contribution < -0.4 is 5.32 Å². The van der Waals surface area contributed by atoms with Gasteiger partial charge in [-0.05, 0) is 41.9 Å². The molecule has 6 heteroatoms. The lowest BCUT2D eigenvalue weighted by molar-refractivity contribution is 0.0934. The molecule has 1 atom stereocenters. The summed E-state index contributed by atoms with van der Waals surface area (Å²) in [6, 6.07) is 3.45. The molecule has 0 spiro atoms. The van der Waals surface area contributed by atoms with Crippen LogP contribution in [0.3, 0.4) is 0 Å². The Hall–Kier alpha value is -1.69. The van der Waals surface area contributed by atoms with E-state index in [-0.39, 0.29) is 11.9 Å². The molecule has 0 saturated carbocycles. The molecule has 0 radical (unpaired) electrons. The van der Waals surface area contributed by atoms with Gasteiger partial charge in [-0.15, -0.1) is 0 Å². The molecule has 2 aromatic heterocycles. The van der Waals surface area contributed by atoms with Crippen molar-refractivity contribution in [2.45, 2.75) is 19.9 Å². The van der Waals surface area contributed by atoms with Crippen molar-refractivity contribution in [3.63, 3.8) is 0 Å². The molecular weight excluding hydrogens is 308 g/mol. The zero-order valence-corrected chi connectivity index (χ0v) is 12.6. The van der Waals surface area contributed by atoms with Crippen LogP contribution in [0.25, 0.3) is 0 Å². The number of hydrogen-bond acceptors (Lipinski definition) is 3. The molecule has 0 aromatic carbocycles. The van der Waals surface area contributed by atoms with Gasteiger partial charge in [0.2, 0.25) is 0 Å². The minimum atomic E-state index is -0.205. The fraction of sp³-hybridized carbons (Fsp3) is 0.308. The van der Waals surface area contributed by atoms with Gasteiger partial charge < -0.3 is 5.32 Å². The van der Waals surface area contributed by atoms with Gasteiger partial charge in [0.25, 0.3) is 5.91 Å². The van der Waals surface area contributed by atoms with Crippen LogP contribution in [-0.2, 0) is 7.05 Å². The maximum absolute atomic E-state index is 12.1. The molecule has 0 fully saturated rings. The first-order valence-electron chi connectivity index (χ1n) is 5.90. The fourth-order valence-electron chi connectivity index (χ4n) is 1.84. The van der Waals surface area contributed by atoms with Gasteiger partial charge in [-0.2, -0.15) is 5.10 Å². The highest BCUT2D eigenvalue weighted by molar-refractivity contribution is 9.10. The molecule has 19 heavy (non-hydrogen) atoms. The van der Waals surface area contributed by atoms with Gasteiger partial charge in [-0.3, -0.25) is 9.48 Å². The summed E-state index contributed by atoms with van der Waals surface area (Å²) in [5.41, 5.74) is 2.42. The van der Waals surface area contributed by atoms with E-state index in [0.717, 1.165) is 11.3 Å². The first-order valence-corrected chi connectivity index (χ1v) is 6.70. The summed E-state index contributed by atoms with van der Waals surface area (Å²) in [5, 5.41) is 7.10. The Morgan fingerprint density at radius 2 is 2.26 bits per heavy atom. The highest BCUT2D eigenvalue weighted by Crippen LogP contribution is 2.18. The molecule has 1 amide bonds. The SMILES string of the molecule is Cc1c(C(C)NC(=O)c2ncccc2Br)cnn1C. The third kappa shape index (κ3) is 2.84. The van der Waals surface area contributed by atoms with Crippen LogP contribution in [0.15, 0.2) is 29.0 Å². The van der Waals surface area contributed by atoms with Gasteiger partial charge >= 0.3 is 0 Å². The van der Waals surface area contributed by atoms with Crippen molar-refractivity contribution in [2.75, 3.05) is 0 Å². The third-order valence-electron chi connectivity index (χ3n) is 3.06. The van der Waals surface area contributed by atoms with Gasteiger partial charge in [-0.25, -0.2) is 4.98 Å². The zero-order valence-electron chi connectivity index (χ0n) is 11.0. The van der Waals surface area contributed by atoms with Crippen molar-refractivity contribution >= 4 is 21.8 Å². The molecule has 1 N–H and O–H groups in total. The van der Waals surface area contributed by atoms with E-state index in [1.165, 1.54) is 0 Å². The molecular formula is C13H15BrN4O. The average molecular weight is 323 g/mol. The average Bonchev–Trinajstić information content (AvgIpc) is 2.70. The highest BCUT2D eigenvalue weighted by atomic mass is 79.9. The summed E-state index contributed by atoms with van der Waals surface area (Å²) < 4.78 is 2.47. The molecule has 0 aliphatic rings. The number of nitrogens with one attached hydrogen (secondary N) is 1. The summed E-state index contributed by atoms with van der Waals surface area (Å²) in [6.45, 7) is 3.90. The summed E-state index contributed by atoms with van der Waals surface area (Å²) in [4.78, 5) is 16.2. The first kappa shape index (κ1) is 13.7. The van der Waals surface area contributed by atoms with E-state index in [2.05, 4.69) is 31.3 Å². The molecule has 0 aliphatic heterocycles. The van der Waals surface area contributed by atoms with Crippen molar-refractivity contribution in [3.05, 3.63) is 46.0 Å². The Balaban J connectivity index is 2.16. The van der Waals surface area contributed by atoms with Crippen LogP contribution in [0.2, 0.25) is 0 Å². The fourth-order valence-corrected chi connectivity index (χ4v) is 2.27. The number of hydrogen-bond donors (Lipinski definition) is 1. The van der Waals surface area contributed by atoms with E-state index in [4.69, 9.17) is 0 Å². The predicted octanol–water partition coefficient (Wildman–Crippen LogP) is 2.38. The number of aryl methyl sites for hydroxylation is 1. The van der Waals surface area contributed by atoms with Crippen molar-refractivity contribution in [2.24, 2.45) is 7.05 Å². The second-order valence-corrected chi connectivity index (χ2v) is 5.19. The number of rotatable bonds is 3. The largest absolute Gasteiger partial charge is 0.344 e. The highest BCUT2D eigenvalue weighted by Gasteiger charge is 2.17. The summed E-state index contributed by atoms with van der Waals surface area (Å²) in [5.74, 6) is -0.205. The molecule has 0 bridgehead atoms. The Kier molecular flexibility index (Phi) is 3.99. The molecule has 0 aliphatic carbocycles. The molecule has 0 saturated heterocycles. The number of carbonyl (C=O) groups excluding carboxylic acids is 1. The van der Waals surface area contributed by atoms with Crippen LogP contribution in [0.5, 0.6) is 0 Å². The van der Waals surface area contributed by atoms with Crippen molar-refractivity contribution in [1.29, 1.82) is 0 Å². The van der Waals surface area contributed by atoms with Crippen LogP contribution >= 0.6 is 15.9 Å². The van der Waals surface area contributed by atoms with Crippen LogP contribution in [0.1, 0.15) is 34.7 Å². The molecule has 100 valence electrons. The Morgan fingerprint density at radius 3 is 2.84 bits per heavy atom. The maximum atomic E-state index is 12.1. The minimum absolute atomic E-state index is 0.116. The second kappa shape index (κ2) is 5.52. The van der Waals surface area contributed by atoms with Gasteiger partial charge in [0.15, 0.2) is 0 Å². The summed E-state index contributed by atoms with van der Waals surface area (Å²) in [7, 11) is 1.88. The lowest BCUT2D eigenvalue weighted by Crippen LogP contribution is -2.28. The van der Waals surface area contributed by atoms with Gasteiger partial charge in [0, 0.05) is 29.0 Å². The summed E-state index contributed by atoms with van der Waals surface area (Å²) in [6.07, 6.45) is 3.37. The smallest absolute Gasteiger partial charge is 0.271 e. The van der Waals surface area contributed by atoms with E-state index >= 15 is 0 Å². The standard InChI is InChI=1S/C13H15BrN4O/c1-8(10-7-16-18(3)9(10)2)17-13(19)12-11(14)5-4-6-15-12/h4-8H,1-3H3,(H,17,19). The van der Waals surface area contributed by atoms with Gasteiger partial charge in [0.05, 0.1) is 12.2 Å². The number of amides is 1. The Morgan fingerprint density at radius 1 is 1.53 bits per heavy atom. The third-order valence-corrected chi connectivity index (χ3v) is 3.70. The molecule has 2 heterocycles. The monoisotopic (exact) mass is 322 g/mol. The Labute approximate surface area is 120 Å². The van der Waals surface area contributed by atoms with Gasteiger partial charge in [0.1, 0.15) is 5.69 Å². The van der Waals surface area contributed by atoms with E-state index in [1.54, 1.807) is 29.2 Å². The summed E-state index contributed by atoms with van der Waals surface area (Å²) >= 11 is 3.32. The molecule has 2 rings (SSSR count). The number of carbonyl (C=O) groups is 1. The lowest BCUT2D eigenvalue weighted by Gasteiger charge is -2.13. The van der Waals surface area contributed by atoms with E-state index in [1.807, 2.05) is 20.9 Å². The van der Waals surface area contributed by atoms with Crippen molar-refractivity contribution in [3.8, 4) is 0 Å². The second-order valence-electron chi connectivity index (χ2n) is 4.34. The minimum Gasteiger partial charge on any atom is -0.344 e. The van der Waals surface area contributed by atoms with Crippen LogP contribution in [0, 0.1) is 6.92 Å². The van der Waals surface area contributed by atoms with Gasteiger partial charge in [-0.1, -0.05) is 0 Å². The van der Waals surface area contributed by atoms with Crippen LogP contribution in [0.4, 0.5) is 0 Å². The number of nitrogens with zero attached hydrogens (tertiary/aromatic N) is 3. The predicted molar refractivity (Wildman–Crippen MR) is 75.8 cm³/mol. The molecule has 5 nitrogen and oxygen atoms in total. The van der Waals surface area contributed by atoms with Crippen LogP contribution in [-0.4, -0.2) is 20.7 Å². The topological polar surface area (TPSA) is 59.8 Å². The number of pyridine rings is 1. The first-order chi connectivity index (χ1) is 9.00. The number of halogens is 1. The van der Waals surface area contributed by atoms with E-state index in [9.17, 15) is 4.79 Å². The normalized spacial score (nSPS) is 12.2. The van der Waals surface area contributed by atoms with E-state index in [0.29, 0.717) is 10.2 Å². The molecule has 2 aromatic rings. The number of aromatic nitrogens is 3. The van der Waals surface area contributed by atoms with E-state index < -0.39 is 0 Å².